The third-order valence-electron chi connectivity index (χ3n) is 6.36. The molecule has 4 aromatic rings. The maximum absolute atomic E-state index is 11.5. The lowest BCUT2D eigenvalue weighted by Gasteiger charge is -2.31. The first-order valence-corrected chi connectivity index (χ1v) is 11.6. The quantitative estimate of drug-likeness (QED) is 0.381. The molecule has 1 aliphatic rings. The van der Waals surface area contributed by atoms with Crippen molar-refractivity contribution in [3.8, 4) is 5.75 Å². The van der Waals surface area contributed by atoms with Crippen LogP contribution in [0, 0.1) is 0 Å². The minimum atomic E-state index is -0.962. The van der Waals surface area contributed by atoms with E-state index in [-0.39, 0.29) is 5.56 Å². The number of nitrogens with one attached hydrogen (secondary N) is 1. The lowest BCUT2D eigenvalue weighted by Crippen LogP contribution is -2.30. The third kappa shape index (κ3) is 4.41. The second-order valence-electron chi connectivity index (χ2n) is 8.56. The van der Waals surface area contributed by atoms with Gasteiger partial charge in [-0.25, -0.2) is 9.78 Å². The van der Waals surface area contributed by atoms with Gasteiger partial charge in [0.1, 0.15) is 5.75 Å². The summed E-state index contributed by atoms with van der Waals surface area (Å²) >= 11 is 0. The number of carbonyl (C=O) groups is 1. The van der Waals surface area contributed by atoms with Crippen molar-refractivity contribution in [1.29, 1.82) is 0 Å². The lowest BCUT2D eigenvalue weighted by molar-refractivity contribution is 0.0697. The first-order chi connectivity index (χ1) is 16.6. The van der Waals surface area contributed by atoms with Crippen molar-refractivity contribution >= 4 is 34.3 Å². The molecule has 0 radical (unpaired) electrons. The van der Waals surface area contributed by atoms with Crippen molar-refractivity contribution < 1.29 is 14.6 Å². The van der Waals surface area contributed by atoms with Gasteiger partial charge in [-0.05, 0) is 73.4 Å². The van der Waals surface area contributed by atoms with E-state index in [0.717, 1.165) is 30.0 Å². The molecule has 7 nitrogen and oxygen atoms in total. The molecule has 174 valence electrons. The Bertz CT molecular complexity index is 1310. The number of benzene rings is 3. The van der Waals surface area contributed by atoms with Crippen LogP contribution in [0.1, 0.15) is 35.2 Å². The topological polar surface area (TPSA) is 79.6 Å². The first-order valence-electron chi connectivity index (χ1n) is 11.6. The van der Waals surface area contributed by atoms with Gasteiger partial charge in [0.15, 0.2) is 0 Å². The Labute approximate surface area is 198 Å². The van der Waals surface area contributed by atoms with Gasteiger partial charge in [-0.3, -0.25) is 0 Å². The normalized spacial score (nSPS) is 13.7. The molecule has 0 aliphatic carbocycles. The number of hydrogen-bond donors (Lipinski definition) is 2. The molecule has 3 aromatic carbocycles. The van der Waals surface area contributed by atoms with Crippen LogP contribution in [0.5, 0.6) is 5.75 Å². The van der Waals surface area contributed by atoms with Crippen molar-refractivity contribution in [3.63, 3.8) is 0 Å². The number of hydrogen-bond acceptors (Lipinski definition) is 5. The van der Waals surface area contributed by atoms with E-state index < -0.39 is 5.97 Å². The summed E-state index contributed by atoms with van der Waals surface area (Å²) in [6, 6.07) is 21.3. The van der Waals surface area contributed by atoms with Gasteiger partial charge in [0.05, 0.1) is 30.3 Å². The van der Waals surface area contributed by atoms with Crippen LogP contribution in [0.4, 0.5) is 17.3 Å². The number of ether oxygens (including phenoxy) is 1. The number of carboxylic acid groups (broad SMARTS) is 1. The molecule has 0 atom stereocenters. The van der Waals surface area contributed by atoms with Crippen LogP contribution < -0.4 is 15.0 Å². The van der Waals surface area contributed by atoms with Crippen molar-refractivity contribution in [2.45, 2.75) is 25.8 Å². The van der Waals surface area contributed by atoms with E-state index in [1.165, 1.54) is 30.5 Å². The highest BCUT2D eigenvalue weighted by atomic mass is 16.5. The smallest absolute Gasteiger partial charge is 0.335 e. The summed E-state index contributed by atoms with van der Waals surface area (Å²) in [6.07, 6.45) is 3.71. The molecule has 0 amide bonds. The fourth-order valence-electron chi connectivity index (χ4n) is 4.58. The Morgan fingerprint density at radius 3 is 2.53 bits per heavy atom. The SMILES string of the molecule is COc1ccc(Nc2nc3cc(C(=O)O)ccc3n2Cc2ccccc2N2CCCCC2)cc1. The number of carboxylic acids is 1. The van der Waals surface area contributed by atoms with Gasteiger partial charge >= 0.3 is 5.97 Å². The van der Waals surface area contributed by atoms with Gasteiger partial charge in [0.2, 0.25) is 5.95 Å². The van der Waals surface area contributed by atoms with Crippen molar-refractivity contribution in [2.24, 2.45) is 0 Å². The molecule has 0 saturated carbocycles. The van der Waals surface area contributed by atoms with E-state index in [0.29, 0.717) is 18.0 Å². The molecule has 5 rings (SSSR count). The number of nitrogens with zero attached hydrogens (tertiary/aromatic N) is 3. The Morgan fingerprint density at radius 2 is 1.79 bits per heavy atom. The highest BCUT2D eigenvalue weighted by Crippen LogP contribution is 2.30. The van der Waals surface area contributed by atoms with E-state index in [1.807, 2.05) is 30.3 Å². The summed E-state index contributed by atoms with van der Waals surface area (Å²) in [6.45, 7) is 2.76. The van der Waals surface area contributed by atoms with Crippen LogP contribution in [0.2, 0.25) is 0 Å². The summed E-state index contributed by atoms with van der Waals surface area (Å²) in [5.41, 5.74) is 5.09. The molecule has 1 aromatic heterocycles. The van der Waals surface area contributed by atoms with E-state index in [9.17, 15) is 9.90 Å². The molecular formula is C27H28N4O3. The summed E-state index contributed by atoms with van der Waals surface area (Å²) in [5, 5.41) is 12.9. The Morgan fingerprint density at radius 1 is 1.03 bits per heavy atom. The molecule has 1 saturated heterocycles. The second kappa shape index (κ2) is 9.47. The zero-order valence-electron chi connectivity index (χ0n) is 19.2. The number of piperidine rings is 1. The number of anilines is 3. The van der Waals surface area contributed by atoms with Gasteiger partial charge in [-0.15, -0.1) is 0 Å². The van der Waals surface area contributed by atoms with Gasteiger partial charge in [0.25, 0.3) is 0 Å². The predicted octanol–water partition coefficient (Wildman–Crippen LogP) is 5.53. The number of methoxy groups -OCH3 is 1. The minimum absolute atomic E-state index is 0.224. The van der Waals surface area contributed by atoms with Crippen LogP contribution >= 0.6 is 0 Å². The molecule has 1 aliphatic heterocycles. The van der Waals surface area contributed by atoms with Crippen LogP contribution in [0.15, 0.2) is 66.7 Å². The van der Waals surface area contributed by atoms with Crippen LogP contribution in [-0.4, -0.2) is 40.8 Å². The molecular weight excluding hydrogens is 428 g/mol. The standard InChI is InChI=1S/C27H28N4O3/c1-34-22-12-10-21(11-13-22)28-27-29-23-17-19(26(32)33)9-14-25(23)31(27)18-20-7-3-4-8-24(20)30-15-5-2-6-16-30/h3-4,7-14,17H,2,5-6,15-16,18H2,1H3,(H,28,29)(H,32,33). The highest BCUT2D eigenvalue weighted by molar-refractivity contribution is 5.93. The largest absolute Gasteiger partial charge is 0.497 e. The average molecular weight is 457 g/mol. The second-order valence-corrected chi connectivity index (χ2v) is 8.56. The van der Waals surface area contributed by atoms with Gasteiger partial charge in [-0.1, -0.05) is 18.2 Å². The summed E-state index contributed by atoms with van der Waals surface area (Å²) < 4.78 is 7.39. The van der Waals surface area contributed by atoms with E-state index in [4.69, 9.17) is 9.72 Å². The molecule has 0 unspecified atom stereocenters. The minimum Gasteiger partial charge on any atom is -0.497 e. The number of rotatable bonds is 7. The van der Waals surface area contributed by atoms with Crippen molar-refractivity contribution in [3.05, 3.63) is 77.9 Å². The van der Waals surface area contributed by atoms with Crippen molar-refractivity contribution in [1.82, 2.24) is 9.55 Å². The fourth-order valence-corrected chi connectivity index (χ4v) is 4.58. The number of aromatic carboxylic acids is 1. The van der Waals surface area contributed by atoms with Crippen LogP contribution in [0.3, 0.4) is 0 Å². The monoisotopic (exact) mass is 456 g/mol. The third-order valence-corrected chi connectivity index (χ3v) is 6.36. The van der Waals surface area contributed by atoms with E-state index in [1.54, 1.807) is 19.2 Å². The Hall–Kier alpha value is -4.00. The average Bonchev–Trinajstić information content (AvgIpc) is 3.21. The molecule has 2 heterocycles. The maximum Gasteiger partial charge on any atom is 0.335 e. The summed E-state index contributed by atoms with van der Waals surface area (Å²) in [4.78, 5) is 18.8. The van der Waals surface area contributed by atoms with Gasteiger partial charge in [-0.2, -0.15) is 0 Å². The van der Waals surface area contributed by atoms with Crippen molar-refractivity contribution in [2.75, 3.05) is 30.4 Å². The van der Waals surface area contributed by atoms with E-state index >= 15 is 0 Å². The molecule has 0 spiro atoms. The predicted molar refractivity (Wildman–Crippen MR) is 135 cm³/mol. The van der Waals surface area contributed by atoms with Gasteiger partial charge in [0, 0.05) is 24.5 Å². The number of imidazole rings is 1. The Balaban J connectivity index is 1.56. The first kappa shape index (κ1) is 21.8. The van der Waals surface area contributed by atoms with Gasteiger partial charge < -0.3 is 24.6 Å². The zero-order valence-corrected chi connectivity index (χ0v) is 19.2. The maximum atomic E-state index is 11.5. The highest BCUT2D eigenvalue weighted by Gasteiger charge is 2.18. The number of aromatic nitrogens is 2. The lowest BCUT2D eigenvalue weighted by atomic mass is 10.1. The van der Waals surface area contributed by atoms with E-state index in [2.05, 4.69) is 39.0 Å². The molecule has 1 fully saturated rings. The number of para-hydroxylation sites is 1. The molecule has 7 heteroatoms. The molecule has 34 heavy (non-hydrogen) atoms. The van der Waals surface area contributed by atoms with Crippen LogP contribution in [-0.2, 0) is 6.54 Å². The van der Waals surface area contributed by atoms with Crippen LogP contribution in [0.25, 0.3) is 11.0 Å². The molecule has 2 N–H and O–H groups in total. The summed E-state index contributed by atoms with van der Waals surface area (Å²) in [7, 11) is 1.64. The molecule has 0 bridgehead atoms. The zero-order chi connectivity index (χ0) is 23.5. The number of fused-ring (bicyclic) bond motifs is 1. The summed E-state index contributed by atoms with van der Waals surface area (Å²) in [5.74, 6) is 0.480. The fraction of sp³-hybridized carbons (Fsp3) is 0.259. The Kier molecular flexibility index (Phi) is 6.08.